The van der Waals surface area contributed by atoms with Crippen molar-refractivity contribution in [3.63, 3.8) is 0 Å². The van der Waals surface area contributed by atoms with E-state index in [1.807, 2.05) is 25.3 Å². The Labute approximate surface area is 193 Å². The molecule has 0 aliphatic heterocycles. The highest BCUT2D eigenvalue weighted by Crippen LogP contribution is 2.33. The molecule has 33 heavy (non-hydrogen) atoms. The van der Waals surface area contributed by atoms with Crippen LogP contribution in [0.3, 0.4) is 0 Å². The first-order chi connectivity index (χ1) is 15.9. The van der Waals surface area contributed by atoms with Gasteiger partial charge in [-0.05, 0) is 55.1 Å². The van der Waals surface area contributed by atoms with Crippen molar-refractivity contribution >= 4 is 40.4 Å². The summed E-state index contributed by atoms with van der Waals surface area (Å²) >= 11 is 1.71. The number of carbonyl (C=O) groups is 1. The fraction of sp³-hybridized carbons (Fsp3) is 0.174. The third-order valence-electron chi connectivity index (χ3n) is 4.45. The predicted octanol–water partition coefficient (Wildman–Crippen LogP) is 5.45. The van der Waals surface area contributed by atoms with Gasteiger partial charge in [-0.3, -0.25) is 0 Å². The number of aromatic nitrogens is 2. The lowest BCUT2D eigenvalue weighted by Crippen LogP contribution is -2.28. The van der Waals surface area contributed by atoms with Gasteiger partial charge in [0.15, 0.2) is 0 Å². The number of carbonyl (C=O) groups excluding carboxylic acids is 1. The number of amides is 2. The molecular formula is C23H23F2N5O2S. The lowest BCUT2D eigenvalue weighted by Gasteiger charge is -2.10. The Bertz CT molecular complexity index is 1250. The molecule has 3 heterocycles. The normalized spacial score (nSPS) is 10.4. The minimum absolute atomic E-state index is 0.271. The molecule has 0 atom stereocenters. The summed E-state index contributed by atoms with van der Waals surface area (Å²) in [5.74, 6) is 0.989. The van der Waals surface area contributed by atoms with E-state index in [2.05, 4.69) is 26.3 Å². The van der Waals surface area contributed by atoms with E-state index in [1.54, 1.807) is 24.0 Å². The summed E-state index contributed by atoms with van der Waals surface area (Å²) in [6, 6.07) is 9.29. The average molecular weight is 472 g/mol. The molecule has 7 nitrogen and oxygen atoms in total. The van der Waals surface area contributed by atoms with Crippen LogP contribution in [0.15, 0.2) is 59.5 Å². The zero-order chi connectivity index (χ0) is 23.8. The van der Waals surface area contributed by atoms with Gasteiger partial charge >= 0.3 is 6.03 Å². The van der Waals surface area contributed by atoms with Crippen LogP contribution in [0.4, 0.5) is 25.2 Å². The van der Waals surface area contributed by atoms with E-state index in [9.17, 15) is 13.6 Å². The number of fused-ring (bicyclic) bond motifs is 1. The standard InChI is InChI=1S/C20H15F2N3OS.C3H8N2O/c1-27-11-12-4-6-23-18(8-12)25-19-9-15(17(22)10-24-19)13-2-3-16(21)14-5-7-26-20(13)14;1-2-5-3(4)6/h2-10H,11H2,1H3,(H,23,24,25);2H2,1H3,(H3,4,5,6). The molecule has 4 aromatic rings. The molecule has 0 spiro atoms. The minimum atomic E-state index is -0.519. The van der Waals surface area contributed by atoms with Crippen LogP contribution in [0.25, 0.3) is 22.1 Å². The molecule has 0 saturated carbocycles. The summed E-state index contributed by atoms with van der Waals surface area (Å²) in [6.45, 7) is 2.42. The zero-order valence-corrected chi connectivity index (χ0v) is 18.9. The van der Waals surface area contributed by atoms with Crippen LogP contribution >= 0.6 is 11.8 Å². The quantitative estimate of drug-likeness (QED) is 0.345. The molecule has 0 unspecified atom stereocenters. The highest BCUT2D eigenvalue weighted by molar-refractivity contribution is 7.97. The topological polar surface area (TPSA) is 106 Å². The molecular weight excluding hydrogens is 448 g/mol. The van der Waals surface area contributed by atoms with E-state index < -0.39 is 17.7 Å². The van der Waals surface area contributed by atoms with Gasteiger partial charge in [0, 0.05) is 29.6 Å². The van der Waals surface area contributed by atoms with Crippen molar-refractivity contribution in [2.24, 2.45) is 5.73 Å². The number of nitrogens with one attached hydrogen (secondary N) is 2. The fourth-order valence-electron chi connectivity index (χ4n) is 3.06. The maximum atomic E-state index is 14.4. The number of primary amides is 1. The van der Waals surface area contributed by atoms with Crippen molar-refractivity contribution in [2.75, 3.05) is 18.1 Å². The summed E-state index contributed by atoms with van der Waals surface area (Å²) in [4.78, 5) is 18.1. The molecule has 1 aromatic carbocycles. The lowest BCUT2D eigenvalue weighted by atomic mass is 10.0. The van der Waals surface area contributed by atoms with Crippen molar-refractivity contribution in [3.8, 4) is 11.1 Å². The smallest absolute Gasteiger partial charge is 0.312 e. The Hall–Kier alpha value is -3.66. The fourth-order valence-corrected chi connectivity index (χ4v) is 3.57. The number of thioether (sulfide) groups is 1. The monoisotopic (exact) mass is 471 g/mol. The second-order valence-electron chi connectivity index (χ2n) is 6.81. The number of furan rings is 1. The van der Waals surface area contributed by atoms with Crippen LogP contribution in [0, 0.1) is 11.6 Å². The Kier molecular flexibility index (Phi) is 8.20. The first-order valence-corrected chi connectivity index (χ1v) is 11.4. The highest BCUT2D eigenvalue weighted by atomic mass is 32.2. The van der Waals surface area contributed by atoms with Gasteiger partial charge in [-0.15, -0.1) is 0 Å². The Morgan fingerprint density at radius 2 is 1.88 bits per heavy atom. The molecule has 3 aromatic heterocycles. The van der Waals surface area contributed by atoms with E-state index in [4.69, 9.17) is 4.42 Å². The van der Waals surface area contributed by atoms with Gasteiger partial charge in [0.05, 0.1) is 17.8 Å². The van der Waals surface area contributed by atoms with Crippen LogP contribution < -0.4 is 16.4 Å². The molecule has 0 saturated heterocycles. The number of nitrogens with two attached hydrogens (primary N) is 1. The van der Waals surface area contributed by atoms with Crippen molar-refractivity contribution in [1.82, 2.24) is 15.3 Å². The van der Waals surface area contributed by atoms with Crippen LogP contribution in [0.2, 0.25) is 0 Å². The molecule has 10 heteroatoms. The maximum Gasteiger partial charge on any atom is 0.312 e. The molecule has 0 radical (unpaired) electrons. The molecule has 4 rings (SSSR count). The third-order valence-corrected chi connectivity index (χ3v) is 5.07. The highest BCUT2D eigenvalue weighted by Gasteiger charge is 2.15. The third kappa shape index (κ3) is 6.19. The minimum Gasteiger partial charge on any atom is -0.464 e. The van der Waals surface area contributed by atoms with Gasteiger partial charge in [-0.2, -0.15) is 11.8 Å². The van der Waals surface area contributed by atoms with Gasteiger partial charge in [-0.1, -0.05) is 0 Å². The zero-order valence-electron chi connectivity index (χ0n) is 18.1. The number of rotatable bonds is 6. The van der Waals surface area contributed by atoms with Gasteiger partial charge in [0.1, 0.15) is 28.9 Å². The number of hydrogen-bond donors (Lipinski definition) is 3. The number of hydrogen-bond acceptors (Lipinski definition) is 6. The van der Waals surface area contributed by atoms with Gasteiger partial charge in [-0.25, -0.2) is 23.5 Å². The Morgan fingerprint density at radius 1 is 1.09 bits per heavy atom. The van der Waals surface area contributed by atoms with Crippen molar-refractivity contribution in [3.05, 3.63) is 72.3 Å². The number of pyridine rings is 2. The van der Waals surface area contributed by atoms with Crippen molar-refractivity contribution in [2.45, 2.75) is 12.7 Å². The Balaban J connectivity index is 0.000000454. The largest absolute Gasteiger partial charge is 0.464 e. The molecule has 4 N–H and O–H groups in total. The lowest BCUT2D eigenvalue weighted by molar-refractivity contribution is 0.249. The number of halogens is 2. The molecule has 172 valence electrons. The van der Waals surface area contributed by atoms with E-state index in [1.165, 1.54) is 24.5 Å². The van der Waals surface area contributed by atoms with Gasteiger partial charge in [0.25, 0.3) is 0 Å². The summed E-state index contributed by atoms with van der Waals surface area (Å²) in [7, 11) is 0. The van der Waals surface area contributed by atoms with E-state index in [0.29, 0.717) is 34.7 Å². The number of nitrogens with zero attached hydrogens (tertiary/aromatic N) is 2. The summed E-state index contributed by atoms with van der Waals surface area (Å²) in [5, 5.41) is 5.75. The molecule has 0 bridgehead atoms. The molecule has 0 aliphatic rings. The summed E-state index contributed by atoms with van der Waals surface area (Å²) in [5.41, 5.74) is 6.81. The number of urea groups is 1. The van der Waals surface area contributed by atoms with Crippen LogP contribution in [-0.4, -0.2) is 28.8 Å². The first kappa shape index (κ1) is 24.0. The van der Waals surface area contributed by atoms with Gasteiger partial charge in [0.2, 0.25) is 0 Å². The van der Waals surface area contributed by atoms with E-state index in [0.717, 1.165) is 17.5 Å². The molecule has 0 aliphatic carbocycles. The van der Waals surface area contributed by atoms with E-state index in [-0.39, 0.29) is 5.56 Å². The van der Waals surface area contributed by atoms with Crippen molar-refractivity contribution < 1.29 is 18.0 Å². The van der Waals surface area contributed by atoms with Crippen LogP contribution in [0.5, 0.6) is 0 Å². The molecule has 2 amide bonds. The number of anilines is 2. The summed E-state index contributed by atoms with van der Waals surface area (Å²) in [6.07, 6.45) is 6.25. The van der Waals surface area contributed by atoms with Gasteiger partial charge < -0.3 is 20.8 Å². The molecule has 0 fully saturated rings. The van der Waals surface area contributed by atoms with E-state index >= 15 is 0 Å². The first-order valence-electron chi connectivity index (χ1n) is 9.98. The number of benzene rings is 1. The van der Waals surface area contributed by atoms with Crippen LogP contribution in [-0.2, 0) is 5.75 Å². The van der Waals surface area contributed by atoms with Crippen LogP contribution in [0.1, 0.15) is 12.5 Å². The van der Waals surface area contributed by atoms with Crippen molar-refractivity contribution in [1.29, 1.82) is 0 Å². The average Bonchev–Trinajstić information content (AvgIpc) is 3.28. The maximum absolute atomic E-state index is 14.4. The second kappa shape index (κ2) is 11.3. The second-order valence-corrected chi connectivity index (χ2v) is 7.68. The SMILES string of the molecule is CCNC(N)=O.CSCc1ccnc(Nc2cc(-c3ccc(F)c4ccoc34)c(F)cn2)c1. The summed E-state index contributed by atoms with van der Waals surface area (Å²) < 4.78 is 33.7. The predicted molar refractivity (Wildman–Crippen MR) is 127 cm³/mol. The Morgan fingerprint density at radius 3 is 2.58 bits per heavy atom.